The lowest BCUT2D eigenvalue weighted by atomic mass is 9.96. The lowest BCUT2D eigenvalue weighted by molar-refractivity contribution is -0.149. The molecule has 0 radical (unpaired) electrons. The molecule has 0 aromatic rings. The van der Waals surface area contributed by atoms with Gasteiger partial charge in [0, 0.05) is 50.7 Å². The summed E-state index contributed by atoms with van der Waals surface area (Å²) in [6.45, 7) is 7.03. The molecule has 0 aromatic carbocycles. The Morgan fingerprint density at radius 1 is 1.17 bits per heavy atom. The number of nitrogens with one attached hydrogen (secondary N) is 1. The van der Waals surface area contributed by atoms with Crippen LogP contribution in [0.25, 0.3) is 0 Å². The number of fused-ring (bicyclic) bond motifs is 1. The van der Waals surface area contributed by atoms with E-state index in [0.717, 1.165) is 19.4 Å². The van der Waals surface area contributed by atoms with E-state index in [2.05, 4.69) is 36.0 Å². The highest BCUT2D eigenvalue weighted by atomic mass is 16.5. The van der Waals surface area contributed by atoms with Gasteiger partial charge in [-0.3, -0.25) is 24.2 Å². The van der Waals surface area contributed by atoms with Gasteiger partial charge in [0.05, 0.1) is 13.0 Å². The highest BCUT2D eigenvalue weighted by Gasteiger charge is 2.45. The van der Waals surface area contributed by atoms with Crippen molar-refractivity contribution in [3.8, 4) is 0 Å². The summed E-state index contributed by atoms with van der Waals surface area (Å²) in [7, 11) is 3.51. The molecule has 0 spiro atoms. The number of ether oxygens (including phenoxy) is 1. The van der Waals surface area contributed by atoms with Crippen molar-refractivity contribution < 1.29 is 19.1 Å². The number of nitrogens with zero attached hydrogens (tertiary/aromatic N) is 3. The van der Waals surface area contributed by atoms with Gasteiger partial charge in [0.15, 0.2) is 0 Å². The lowest BCUT2D eigenvalue weighted by Gasteiger charge is -2.35. The van der Waals surface area contributed by atoms with Crippen molar-refractivity contribution in [2.24, 2.45) is 5.92 Å². The highest BCUT2D eigenvalue weighted by molar-refractivity contribution is 5.83. The van der Waals surface area contributed by atoms with E-state index < -0.39 is 0 Å². The molecular weight excluding hydrogens is 372 g/mol. The maximum absolute atomic E-state index is 12.7. The Morgan fingerprint density at radius 2 is 1.86 bits per heavy atom. The summed E-state index contributed by atoms with van der Waals surface area (Å²) >= 11 is 0. The van der Waals surface area contributed by atoms with E-state index >= 15 is 0 Å². The molecule has 164 valence electrons. The monoisotopic (exact) mass is 408 g/mol. The van der Waals surface area contributed by atoms with E-state index in [1.54, 1.807) is 0 Å². The van der Waals surface area contributed by atoms with Gasteiger partial charge in [-0.2, -0.15) is 0 Å². The third kappa shape index (κ3) is 4.74. The van der Waals surface area contributed by atoms with Crippen LogP contribution in [-0.4, -0.2) is 97.0 Å². The fourth-order valence-corrected chi connectivity index (χ4v) is 5.15. The van der Waals surface area contributed by atoms with Gasteiger partial charge in [-0.15, -0.1) is 0 Å². The standard InChI is InChI=1S/C21H36N4O4/c1-14(2)25-12-9-17-19(25)20(27)22-13-16(23(17)3)5-6-18(26)24-10-7-15(8-11-24)21(28)29-4/h14-17,19H,5-13H2,1-4H3,(H,22,27)/t16-,17+,19-/m0/s1. The molecular formula is C21H36N4O4. The number of hydrogen-bond donors (Lipinski definition) is 1. The molecule has 2 amide bonds. The first kappa shape index (κ1) is 22.0. The fourth-order valence-electron chi connectivity index (χ4n) is 5.15. The van der Waals surface area contributed by atoms with Crippen LogP contribution in [0.3, 0.4) is 0 Å². The average molecular weight is 409 g/mol. The number of piperidine rings is 1. The van der Waals surface area contributed by atoms with Gasteiger partial charge in [-0.1, -0.05) is 0 Å². The van der Waals surface area contributed by atoms with Crippen LogP contribution in [-0.2, 0) is 19.1 Å². The predicted octanol–water partition coefficient (Wildman–Crippen LogP) is 0.460. The van der Waals surface area contributed by atoms with Gasteiger partial charge < -0.3 is 15.0 Å². The summed E-state index contributed by atoms with van der Waals surface area (Å²) in [5.74, 6) is 0.000707. The van der Waals surface area contributed by atoms with Crippen molar-refractivity contribution >= 4 is 17.8 Å². The molecule has 8 nitrogen and oxygen atoms in total. The molecule has 3 atom stereocenters. The first-order chi connectivity index (χ1) is 13.8. The highest BCUT2D eigenvalue weighted by Crippen LogP contribution is 2.29. The number of methoxy groups -OCH3 is 1. The molecule has 3 saturated heterocycles. The van der Waals surface area contributed by atoms with Crippen molar-refractivity contribution in [1.82, 2.24) is 20.0 Å². The van der Waals surface area contributed by atoms with Gasteiger partial charge in [0.25, 0.3) is 0 Å². The number of likely N-dealkylation sites (tertiary alicyclic amines) is 2. The maximum Gasteiger partial charge on any atom is 0.308 e. The summed E-state index contributed by atoms with van der Waals surface area (Å²) in [4.78, 5) is 43.5. The van der Waals surface area contributed by atoms with Gasteiger partial charge >= 0.3 is 5.97 Å². The summed E-state index contributed by atoms with van der Waals surface area (Å²) < 4.78 is 4.82. The fraction of sp³-hybridized carbons (Fsp3) is 0.857. The minimum Gasteiger partial charge on any atom is -0.469 e. The predicted molar refractivity (Wildman–Crippen MR) is 109 cm³/mol. The molecule has 29 heavy (non-hydrogen) atoms. The van der Waals surface area contributed by atoms with Gasteiger partial charge in [-0.25, -0.2) is 0 Å². The summed E-state index contributed by atoms with van der Waals surface area (Å²) in [6.07, 6.45) is 3.54. The Bertz CT molecular complexity index is 618. The topological polar surface area (TPSA) is 82.2 Å². The molecule has 3 aliphatic rings. The van der Waals surface area contributed by atoms with Crippen LogP contribution in [0.2, 0.25) is 0 Å². The number of amides is 2. The second-order valence-electron chi connectivity index (χ2n) is 8.91. The van der Waals surface area contributed by atoms with E-state index in [9.17, 15) is 14.4 Å². The largest absolute Gasteiger partial charge is 0.469 e. The lowest BCUT2D eigenvalue weighted by Crippen LogP contribution is -2.51. The Labute approximate surface area is 173 Å². The van der Waals surface area contributed by atoms with E-state index in [-0.39, 0.29) is 41.8 Å². The van der Waals surface area contributed by atoms with Crippen LogP contribution in [0, 0.1) is 5.92 Å². The maximum atomic E-state index is 12.7. The van der Waals surface area contributed by atoms with Crippen LogP contribution in [0.4, 0.5) is 0 Å². The third-order valence-corrected chi connectivity index (χ3v) is 7.02. The zero-order chi connectivity index (χ0) is 21.1. The van der Waals surface area contributed by atoms with E-state index in [4.69, 9.17) is 4.74 Å². The van der Waals surface area contributed by atoms with E-state index in [1.165, 1.54) is 7.11 Å². The number of rotatable bonds is 5. The Morgan fingerprint density at radius 3 is 2.48 bits per heavy atom. The molecule has 8 heteroatoms. The van der Waals surface area contributed by atoms with Crippen LogP contribution in [0.15, 0.2) is 0 Å². The number of hydrogen-bond acceptors (Lipinski definition) is 6. The van der Waals surface area contributed by atoms with Crippen molar-refractivity contribution in [2.45, 2.75) is 70.1 Å². The molecule has 0 unspecified atom stereocenters. The van der Waals surface area contributed by atoms with Gasteiger partial charge in [0.1, 0.15) is 6.04 Å². The number of carbonyl (C=O) groups is 3. The number of carbonyl (C=O) groups excluding carboxylic acids is 3. The minimum atomic E-state index is -0.172. The van der Waals surface area contributed by atoms with Gasteiger partial charge in [-0.05, 0) is 46.6 Å². The Hall–Kier alpha value is -1.67. The third-order valence-electron chi connectivity index (χ3n) is 7.02. The Balaban J connectivity index is 1.53. The molecule has 3 rings (SSSR count). The van der Waals surface area contributed by atoms with Crippen molar-refractivity contribution in [1.29, 1.82) is 0 Å². The zero-order valence-corrected chi connectivity index (χ0v) is 18.2. The number of likely N-dealkylation sites (N-methyl/N-ethyl adjacent to an activating group) is 1. The second kappa shape index (κ2) is 9.43. The van der Waals surface area contributed by atoms with Crippen LogP contribution in [0.1, 0.15) is 46.0 Å². The SMILES string of the molecule is COC(=O)C1CCN(C(=O)CC[C@H]2CNC(=O)[C@@H]3[C@@H](CCN3C(C)C)N2C)CC1. The molecule has 0 bridgehead atoms. The van der Waals surface area contributed by atoms with Crippen LogP contribution in [0.5, 0.6) is 0 Å². The quantitative estimate of drug-likeness (QED) is 0.666. The smallest absolute Gasteiger partial charge is 0.308 e. The van der Waals surface area contributed by atoms with Crippen molar-refractivity contribution in [3.05, 3.63) is 0 Å². The average Bonchev–Trinajstić information content (AvgIpc) is 3.13. The molecule has 1 N–H and O–H groups in total. The molecule has 0 aliphatic carbocycles. The summed E-state index contributed by atoms with van der Waals surface area (Å²) in [6, 6.07) is 0.613. The molecule has 0 aromatic heterocycles. The molecule has 3 aliphatic heterocycles. The first-order valence-corrected chi connectivity index (χ1v) is 10.9. The zero-order valence-electron chi connectivity index (χ0n) is 18.2. The first-order valence-electron chi connectivity index (χ1n) is 10.9. The molecule has 3 heterocycles. The van der Waals surface area contributed by atoms with Crippen LogP contribution < -0.4 is 5.32 Å². The molecule has 0 saturated carbocycles. The van der Waals surface area contributed by atoms with E-state index in [1.807, 2.05) is 4.90 Å². The van der Waals surface area contributed by atoms with E-state index in [0.29, 0.717) is 44.9 Å². The minimum absolute atomic E-state index is 0.0875. The van der Waals surface area contributed by atoms with Crippen molar-refractivity contribution in [3.63, 3.8) is 0 Å². The summed E-state index contributed by atoms with van der Waals surface area (Å²) in [5.41, 5.74) is 0. The van der Waals surface area contributed by atoms with Crippen molar-refractivity contribution in [2.75, 3.05) is 40.3 Å². The molecule has 3 fully saturated rings. The second-order valence-corrected chi connectivity index (χ2v) is 8.91. The Kier molecular flexibility index (Phi) is 7.16. The normalized spacial score (nSPS) is 29.5. The van der Waals surface area contributed by atoms with Gasteiger partial charge in [0.2, 0.25) is 11.8 Å². The van der Waals surface area contributed by atoms with Crippen LogP contribution >= 0.6 is 0 Å². The summed E-state index contributed by atoms with van der Waals surface area (Å²) in [5, 5.41) is 3.11. The number of esters is 1.